The summed E-state index contributed by atoms with van der Waals surface area (Å²) in [5.74, 6) is 0. The Balaban J connectivity index is 1.66. The van der Waals surface area contributed by atoms with Gasteiger partial charge in [0, 0.05) is 42.8 Å². The molecular formula is C18H25N3O2. The third-order valence-corrected chi connectivity index (χ3v) is 4.05. The zero-order valence-corrected chi connectivity index (χ0v) is 14.1. The van der Waals surface area contributed by atoms with E-state index in [2.05, 4.69) is 34.7 Å². The average molecular weight is 315 g/mol. The molecule has 5 heteroatoms. The molecule has 3 rings (SSSR count). The zero-order valence-electron chi connectivity index (χ0n) is 14.1. The van der Waals surface area contributed by atoms with Gasteiger partial charge in [0.15, 0.2) is 0 Å². The number of amides is 1. The molecule has 0 aliphatic carbocycles. The van der Waals surface area contributed by atoms with E-state index in [1.54, 1.807) is 4.90 Å². The van der Waals surface area contributed by atoms with Gasteiger partial charge in [0.05, 0.1) is 0 Å². The van der Waals surface area contributed by atoms with Crippen LogP contribution in [0.5, 0.6) is 0 Å². The van der Waals surface area contributed by atoms with E-state index >= 15 is 0 Å². The Kier molecular flexibility index (Phi) is 4.31. The number of hydrogen-bond acceptors (Lipinski definition) is 3. The van der Waals surface area contributed by atoms with E-state index in [0.29, 0.717) is 13.1 Å². The highest BCUT2D eigenvalue weighted by molar-refractivity contribution is 5.83. The van der Waals surface area contributed by atoms with E-state index in [0.717, 1.165) is 18.5 Å². The smallest absolute Gasteiger partial charge is 0.410 e. The number of rotatable bonds is 2. The Bertz CT molecular complexity index is 687. The first-order chi connectivity index (χ1) is 10.9. The van der Waals surface area contributed by atoms with Crippen LogP contribution in [0.1, 0.15) is 26.3 Å². The lowest BCUT2D eigenvalue weighted by atomic mass is 10.0. The normalized spacial score (nSPS) is 19.1. The fraction of sp³-hybridized carbons (Fsp3) is 0.500. The van der Waals surface area contributed by atoms with Crippen molar-refractivity contribution in [2.45, 2.75) is 38.8 Å². The van der Waals surface area contributed by atoms with Crippen LogP contribution in [0.25, 0.3) is 10.9 Å². The first-order valence-corrected chi connectivity index (χ1v) is 8.19. The number of piperazine rings is 1. The van der Waals surface area contributed by atoms with Gasteiger partial charge in [-0.2, -0.15) is 0 Å². The van der Waals surface area contributed by atoms with Crippen LogP contribution >= 0.6 is 0 Å². The maximum atomic E-state index is 12.2. The van der Waals surface area contributed by atoms with Crippen LogP contribution in [0.3, 0.4) is 0 Å². The summed E-state index contributed by atoms with van der Waals surface area (Å²) in [6.07, 6.45) is 2.74. The molecule has 5 nitrogen and oxygen atoms in total. The molecule has 2 N–H and O–H groups in total. The Hall–Kier alpha value is -2.01. The van der Waals surface area contributed by atoms with Gasteiger partial charge in [-0.05, 0) is 38.8 Å². The minimum atomic E-state index is -0.450. The molecule has 2 aromatic rings. The number of H-pyrrole nitrogens is 1. The molecule has 1 amide bonds. The lowest BCUT2D eigenvalue weighted by Crippen LogP contribution is -2.54. The van der Waals surface area contributed by atoms with Crippen molar-refractivity contribution in [2.75, 3.05) is 19.6 Å². The molecular weight excluding hydrogens is 290 g/mol. The molecule has 0 bridgehead atoms. The lowest BCUT2D eigenvalue weighted by molar-refractivity contribution is 0.0195. The van der Waals surface area contributed by atoms with Crippen molar-refractivity contribution in [1.82, 2.24) is 15.2 Å². The molecule has 1 fully saturated rings. The third-order valence-electron chi connectivity index (χ3n) is 4.05. The van der Waals surface area contributed by atoms with Crippen LogP contribution in [0.15, 0.2) is 30.5 Å². The summed E-state index contributed by atoms with van der Waals surface area (Å²) in [5.41, 5.74) is 1.99. The van der Waals surface area contributed by atoms with Gasteiger partial charge in [0.1, 0.15) is 5.60 Å². The Morgan fingerprint density at radius 3 is 2.91 bits per heavy atom. The van der Waals surface area contributed by atoms with Gasteiger partial charge in [-0.25, -0.2) is 4.79 Å². The molecule has 0 radical (unpaired) electrons. The van der Waals surface area contributed by atoms with Gasteiger partial charge in [0.25, 0.3) is 0 Å². The van der Waals surface area contributed by atoms with Gasteiger partial charge in [0.2, 0.25) is 0 Å². The predicted molar refractivity (Wildman–Crippen MR) is 91.6 cm³/mol. The highest BCUT2D eigenvalue weighted by Crippen LogP contribution is 2.20. The number of fused-ring (bicyclic) bond motifs is 1. The topological polar surface area (TPSA) is 57.4 Å². The number of para-hydroxylation sites is 1. The number of aromatic nitrogens is 1. The number of hydrogen-bond donors (Lipinski definition) is 2. The lowest BCUT2D eigenvalue weighted by Gasteiger charge is -2.34. The quantitative estimate of drug-likeness (QED) is 0.896. The number of aromatic amines is 1. The van der Waals surface area contributed by atoms with E-state index in [1.807, 2.05) is 26.8 Å². The Labute approximate surface area is 137 Å². The number of benzene rings is 1. The summed E-state index contributed by atoms with van der Waals surface area (Å²) in [7, 11) is 0. The van der Waals surface area contributed by atoms with Crippen molar-refractivity contribution in [3.05, 3.63) is 36.0 Å². The van der Waals surface area contributed by atoms with Gasteiger partial charge < -0.3 is 19.9 Å². The van der Waals surface area contributed by atoms with Crippen molar-refractivity contribution >= 4 is 17.0 Å². The van der Waals surface area contributed by atoms with Gasteiger partial charge in [-0.15, -0.1) is 0 Å². The van der Waals surface area contributed by atoms with E-state index in [9.17, 15) is 4.79 Å². The molecule has 1 aromatic carbocycles. The second kappa shape index (κ2) is 6.24. The molecule has 2 heterocycles. The number of carbonyl (C=O) groups is 1. The van der Waals surface area contributed by atoms with Gasteiger partial charge in [-0.1, -0.05) is 18.2 Å². The molecule has 1 aromatic heterocycles. The highest BCUT2D eigenvalue weighted by atomic mass is 16.6. The van der Waals surface area contributed by atoms with Crippen LogP contribution in [0, 0.1) is 0 Å². The van der Waals surface area contributed by atoms with Crippen molar-refractivity contribution < 1.29 is 9.53 Å². The van der Waals surface area contributed by atoms with Gasteiger partial charge >= 0.3 is 6.09 Å². The van der Waals surface area contributed by atoms with E-state index < -0.39 is 5.60 Å². The zero-order chi connectivity index (χ0) is 16.4. The number of nitrogens with one attached hydrogen (secondary N) is 2. The van der Waals surface area contributed by atoms with Crippen LogP contribution in [0.4, 0.5) is 4.79 Å². The van der Waals surface area contributed by atoms with Crippen LogP contribution in [-0.2, 0) is 11.2 Å². The SMILES string of the molecule is CC(C)(C)OC(=O)N1CCN[C@H](Cc2c[nH]c3ccccc23)C1. The fourth-order valence-electron chi connectivity index (χ4n) is 3.02. The van der Waals surface area contributed by atoms with Crippen molar-refractivity contribution in [1.29, 1.82) is 0 Å². The standard InChI is InChI=1S/C18H25N3O2/c1-18(2,3)23-17(22)21-9-8-19-14(12-21)10-13-11-20-16-7-5-4-6-15(13)16/h4-7,11,14,19-20H,8-10,12H2,1-3H3/t14-/m1/s1. The first-order valence-electron chi connectivity index (χ1n) is 8.19. The summed E-state index contributed by atoms with van der Waals surface area (Å²) >= 11 is 0. The average Bonchev–Trinajstić information content (AvgIpc) is 2.89. The number of nitrogens with zero attached hydrogens (tertiary/aromatic N) is 1. The summed E-state index contributed by atoms with van der Waals surface area (Å²) in [6.45, 7) is 7.86. The van der Waals surface area contributed by atoms with Crippen molar-refractivity contribution in [3.63, 3.8) is 0 Å². The third kappa shape index (κ3) is 3.85. The van der Waals surface area contributed by atoms with Crippen LogP contribution in [0.2, 0.25) is 0 Å². The second-order valence-electron chi connectivity index (χ2n) is 7.14. The van der Waals surface area contributed by atoms with Gasteiger partial charge in [-0.3, -0.25) is 0 Å². The highest BCUT2D eigenvalue weighted by Gasteiger charge is 2.27. The van der Waals surface area contributed by atoms with E-state index in [-0.39, 0.29) is 12.1 Å². The molecule has 1 aliphatic rings. The van der Waals surface area contributed by atoms with Crippen molar-refractivity contribution in [3.8, 4) is 0 Å². The van der Waals surface area contributed by atoms with Crippen molar-refractivity contribution in [2.24, 2.45) is 0 Å². The maximum absolute atomic E-state index is 12.2. The summed E-state index contributed by atoms with van der Waals surface area (Å²) in [4.78, 5) is 17.4. The molecule has 124 valence electrons. The van der Waals surface area contributed by atoms with Crippen LogP contribution in [-0.4, -0.2) is 47.3 Å². The molecule has 0 spiro atoms. The first kappa shape index (κ1) is 15.9. The minimum absolute atomic E-state index is 0.220. The summed E-state index contributed by atoms with van der Waals surface area (Å²) in [5, 5.41) is 4.76. The number of ether oxygens (including phenoxy) is 1. The molecule has 1 saturated heterocycles. The van der Waals surface area contributed by atoms with E-state index in [4.69, 9.17) is 4.74 Å². The predicted octanol–water partition coefficient (Wildman–Crippen LogP) is 2.92. The van der Waals surface area contributed by atoms with E-state index in [1.165, 1.54) is 10.9 Å². The van der Waals surface area contributed by atoms with Crippen LogP contribution < -0.4 is 5.32 Å². The molecule has 1 aliphatic heterocycles. The maximum Gasteiger partial charge on any atom is 0.410 e. The molecule has 0 unspecified atom stereocenters. The summed E-state index contributed by atoms with van der Waals surface area (Å²) in [6, 6.07) is 8.55. The molecule has 1 atom stereocenters. The monoisotopic (exact) mass is 315 g/mol. The summed E-state index contributed by atoms with van der Waals surface area (Å²) < 4.78 is 5.48. The second-order valence-corrected chi connectivity index (χ2v) is 7.14. The molecule has 23 heavy (non-hydrogen) atoms. The fourth-order valence-corrected chi connectivity index (χ4v) is 3.02. The molecule has 0 saturated carbocycles. The minimum Gasteiger partial charge on any atom is -0.444 e. The Morgan fingerprint density at radius 2 is 2.13 bits per heavy atom. The Morgan fingerprint density at radius 1 is 1.35 bits per heavy atom. The number of carbonyl (C=O) groups excluding carboxylic acids is 1. The largest absolute Gasteiger partial charge is 0.444 e.